The van der Waals surface area contributed by atoms with Crippen LogP contribution in [-0.4, -0.2) is 59.1 Å². The first-order valence-corrected chi connectivity index (χ1v) is 7.45. The van der Waals surface area contributed by atoms with Gasteiger partial charge in [-0.15, -0.1) is 0 Å². The van der Waals surface area contributed by atoms with E-state index in [1.807, 2.05) is 19.4 Å². The van der Waals surface area contributed by atoms with Gasteiger partial charge in [-0.25, -0.2) is 4.98 Å². The lowest BCUT2D eigenvalue weighted by Crippen LogP contribution is -2.52. The molecule has 0 aliphatic carbocycles. The minimum Gasteiger partial charge on any atom is -0.355 e. The van der Waals surface area contributed by atoms with Crippen LogP contribution in [-0.2, 0) is 11.3 Å². The van der Waals surface area contributed by atoms with Crippen molar-refractivity contribution in [2.45, 2.75) is 32.4 Å². The molecule has 112 valence electrons. The molecule has 1 aromatic rings. The van der Waals surface area contributed by atoms with Crippen LogP contribution in [0.15, 0.2) is 18.7 Å². The van der Waals surface area contributed by atoms with Gasteiger partial charge in [-0.05, 0) is 19.8 Å². The summed E-state index contributed by atoms with van der Waals surface area (Å²) in [4.78, 5) is 18.3. The minimum absolute atomic E-state index is 0.0225. The molecule has 2 N–H and O–H groups in total. The third-order valence-electron chi connectivity index (χ3n) is 3.78. The van der Waals surface area contributed by atoms with Gasteiger partial charge in [0.25, 0.3) is 0 Å². The molecule has 1 fully saturated rings. The Bertz CT molecular complexity index is 386. The second-order valence-corrected chi connectivity index (χ2v) is 5.26. The Labute approximate surface area is 120 Å². The van der Waals surface area contributed by atoms with Gasteiger partial charge in [-0.2, -0.15) is 0 Å². The zero-order valence-electron chi connectivity index (χ0n) is 12.2. The lowest BCUT2D eigenvalue weighted by atomic mass is 10.2. The summed E-state index contributed by atoms with van der Waals surface area (Å²) in [5.74, 6) is 0.148. The molecule has 1 saturated heterocycles. The number of nitrogens with zero attached hydrogens (tertiary/aromatic N) is 3. The van der Waals surface area contributed by atoms with Gasteiger partial charge < -0.3 is 15.2 Å². The Morgan fingerprint density at radius 2 is 2.20 bits per heavy atom. The van der Waals surface area contributed by atoms with E-state index in [1.54, 1.807) is 6.20 Å². The van der Waals surface area contributed by atoms with Crippen LogP contribution in [0.1, 0.15) is 19.8 Å². The molecule has 20 heavy (non-hydrogen) atoms. The highest BCUT2D eigenvalue weighted by molar-refractivity contribution is 5.81. The highest BCUT2D eigenvalue weighted by Gasteiger charge is 2.21. The van der Waals surface area contributed by atoms with Crippen LogP contribution in [0.5, 0.6) is 0 Å². The Morgan fingerprint density at radius 1 is 1.40 bits per heavy atom. The maximum atomic E-state index is 12.0. The number of hydrogen-bond donors (Lipinski definition) is 2. The fraction of sp³-hybridized carbons (Fsp3) is 0.714. The topological polar surface area (TPSA) is 62.2 Å². The number of carbonyl (C=O) groups excluding carboxylic acids is 1. The van der Waals surface area contributed by atoms with Crippen molar-refractivity contribution in [3.8, 4) is 0 Å². The summed E-state index contributed by atoms with van der Waals surface area (Å²) in [6.07, 6.45) is 7.63. The highest BCUT2D eigenvalue weighted by atomic mass is 16.2. The van der Waals surface area contributed by atoms with Crippen molar-refractivity contribution in [1.29, 1.82) is 0 Å². The molecule has 6 heteroatoms. The van der Waals surface area contributed by atoms with Gasteiger partial charge >= 0.3 is 0 Å². The van der Waals surface area contributed by atoms with Gasteiger partial charge in [0.1, 0.15) is 0 Å². The normalized spacial score (nSPS) is 17.9. The number of imidazole rings is 1. The number of aryl methyl sites for hydroxylation is 1. The van der Waals surface area contributed by atoms with Crippen LogP contribution < -0.4 is 10.6 Å². The van der Waals surface area contributed by atoms with E-state index in [9.17, 15) is 4.79 Å². The lowest BCUT2D eigenvalue weighted by molar-refractivity contribution is -0.126. The number of nitrogens with one attached hydrogen (secondary N) is 2. The number of aromatic nitrogens is 2. The Morgan fingerprint density at radius 3 is 2.90 bits per heavy atom. The standard InChI is InChI=1S/C14H25N5O/c1-13(19-10-6-15-7-11-19)14(20)17-4-2-3-8-18-9-5-16-12-18/h5,9,12-13,15H,2-4,6-8,10-11H2,1H3,(H,17,20). The summed E-state index contributed by atoms with van der Waals surface area (Å²) >= 11 is 0. The van der Waals surface area contributed by atoms with Crippen LogP contribution in [0, 0.1) is 0 Å². The number of piperazine rings is 1. The minimum atomic E-state index is -0.0225. The van der Waals surface area contributed by atoms with E-state index in [1.165, 1.54) is 0 Å². The van der Waals surface area contributed by atoms with Crippen LogP contribution in [0.2, 0.25) is 0 Å². The third-order valence-corrected chi connectivity index (χ3v) is 3.78. The van der Waals surface area contributed by atoms with Crippen molar-refractivity contribution in [2.75, 3.05) is 32.7 Å². The molecule has 6 nitrogen and oxygen atoms in total. The summed E-state index contributed by atoms with van der Waals surface area (Å²) in [5, 5.41) is 6.33. The molecule has 1 aliphatic heterocycles. The Kier molecular flexibility index (Phi) is 6.01. The SMILES string of the molecule is CC(C(=O)NCCCCn1ccnc1)N1CCNCC1. The maximum absolute atomic E-state index is 12.0. The Balaban J connectivity index is 1.57. The molecule has 0 aromatic carbocycles. The molecular weight excluding hydrogens is 254 g/mol. The van der Waals surface area contributed by atoms with Crippen molar-refractivity contribution in [1.82, 2.24) is 25.1 Å². The van der Waals surface area contributed by atoms with E-state index < -0.39 is 0 Å². The largest absolute Gasteiger partial charge is 0.355 e. The molecule has 2 rings (SSSR count). The second kappa shape index (κ2) is 8.01. The maximum Gasteiger partial charge on any atom is 0.237 e. The number of rotatable bonds is 7. The molecule has 0 saturated carbocycles. The van der Waals surface area contributed by atoms with Crippen LogP contribution in [0.3, 0.4) is 0 Å². The molecule has 0 radical (unpaired) electrons. The van der Waals surface area contributed by atoms with Gasteiger partial charge in [-0.3, -0.25) is 9.69 Å². The quantitative estimate of drug-likeness (QED) is 0.694. The van der Waals surface area contributed by atoms with Gasteiger partial charge in [0, 0.05) is 51.7 Å². The fourth-order valence-electron chi connectivity index (χ4n) is 2.43. The summed E-state index contributed by atoms with van der Waals surface area (Å²) < 4.78 is 2.06. The average molecular weight is 279 g/mol. The fourth-order valence-corrected chi connectivity index (χ4v) is 2.43. The van der Waals surface area contributed by atoms with E-state index in [4.69, 9.17) is 0 Å². The first-order chi connectivity index (χ1) is 9.77. The number of amides is 1. The summed E-state index contributed by atoms with van der Waals surface area (Å²) in [6.45, 7) is 7.56. The summed E-state index contributed by atoms with van der Waals surface area (Å²) in [6, 6.07) is -0.0225. The first kappa shape index (κ1) is 15.0. The highest BCUT2D eigenvalue weighted by Crippen LogP contribution is 2.01. The molecule has 2 heterocycles. The van der Waals surface area contributed by atoms with Crippen LogP contribution in [0.25, 0.3) is 0 Å². The van der Waals surface area contributed by atoms with Crippen molar-refractivity contribution in [3.05, 3.63) is 18.7 Å². The molecule has 1 aliphatic rings. The molecule has 1 amide bonds. The molecule has 0 spiro atoms. The summed E-state index contributed by atoms with van der Waals surface area (Å²) in [7, 11) is 0. The molecule has 1 aromatic heterocycles. The van der Waals surface area contributed by atoms with E-state index in [-0.39, 0.29) is 11.9 Å². The summed E-state index contributed by atoms with van der Waals surface area (Å²) in [5.41, 5.74) is 0. The second-order valence-electron chi connectivity index (χ2n) is 5.26. The smallest absolute Gasteiger partial charge is 0.237 e. The zero-order valence-corrected chi connectivity index (χ0v) is 12.2. The first-order valence-electron chi connectivity index (χ1n) is 7.45. The van der Waals surface area contributed by atoms with Gasteiger partial charge in [-0.1, -0.05) is 0 Å². The molecule has 0 bridgehead atoms. The number of unbranched alkanes of at least 4 members (excludes halogenated alkanes) is 1. The molecule has 1 atom stereocenters. The zero-order chi connectivity index (χ0) is 14.2. The number of carbonyl (C=O) groups is 1. The van der Waals surface area contributed by atoms with Crippen LogP contribution >= 0.6 is 0 Å². The van der Waals surface area contributed by atoms with Crippen molar-refractivity contribution < 1.29 is 4.79 Å². The van der Waals surface area contributed by atoms with Gasteiger partial charge in [0.15, 0.2) is 0 Å². The predicted molar refractivity (Wildman–Crippen MR) is 78.4 cm³/mol. The molecular formula is C14H25N5O. The van der Waals surface area contributed by atoms with E-state index in [0.29, 0.717) is 0 Å². The van der Waals surface area contributed by atoms with Gasteiger partial charge in [0.2, 0.25) is 5.91 Å². The lowest BCUT2D eigenvalue weighted by Gasteiger charge is -2.31. The monoisotopic (exact) mass is 279 g/mol. The van der Waals surface area contributed by atoms with E-state index >= 15 is 0 Å². The molecule has 1 unspecified atom stereocenters. The Hall–Kier alpha value is -1.40. The third kappa shape index (κ3) is 4.61. The van der Waals surface area contributed by atoms with Crippen LogP contribution in [0.4, 0.5) is 0 Å². The van der Waals surface area contributed by atoms with Crippen molar-refractivity contribution in [2.24, 2.45) is 0 Å². The van der Waals surface area contributed by atoms with E-state index in [2.05, 4.69) is 25.1 Å². The van der Waals surface area contributed by atoms with Crippen molar-refractivity contribution >= 4 is 5.91 Å². The average Bonchev–Trinajstić information content (AvgIpc) is 3.00. The van der Waals surface area contributed by atoms with Gasteiger partial charge in [0.05, 0.1) is 12.4 Å². The van der Waals surface area contributed by atoms with Crippen molar-refractivity contribution in [3.63, 3.8) is 0 Å². The van der Waals surface area contributed by atoms with E-state index in [0.717, 1.165) is 52.1 Å². The number of hydrogen-bond acceptors (Lipinski definition) is 4. The predicted octanol–water partition coefficient (Wildman–Crippen LogP) is 0.0732.